The Morgan fingerprint density at radius 2 is 1.83 bits per heavy atom. The van der Waals surface area contributed by atoms with E-state index in [1.807, 2.05) is 0 Å². The van der Waals surface area contributed by atoms with Gasteiger partial charge >= 0.3 is 5.97 Å². The maximum absolute atomic E-state index is 13.4. The number of hydrogen-bond acceptors (Lipinski definition) is 3. The van der Waals surface area contributed by atoms with Gasteiger partial charge in [0, 0.05) is 0 Å². The van der Waals surface area contributed by atoms with Gasteiger partial charge in [-0.3, -0.25) is 4.79 Å². The molecule has 126 valence electrons. The fourth-order valence-electron chi connectivity index (χ4n) is 2.43. The van der Waals surface area contributed by atoms with Gasteiger partial charge in [0.2, 0.25) is 11.6 Å². The Labute approximate surface area is 139 Å². The Kier molecular flexibility index (Phi) is 4.92. The van der Waals surface area contributed by atoms with E-state index in [2.05, 4.69) is 4.98 Å². The van der Waals surface area contributed by atoms with E-state index in [1.165, 1.54) is 6.08 Å². The predicted molar refractivity (Wildman–Crippen MR) is 74.4 cm³/mol. The van der Waals surface area contributed by atoms with Gasteiger partial charge in [0.25, 0.3) is 5.95 Å². The third-order valence-corrected chi connectivity index (χ3v) is 4.13. The lowest BCUT2D eigenvalue weighted by atomic mass is 10.1. The molecule has 0 bridgehead atoms. The zero-order chi connectivity index (χ0) is 17.5. The lowest BCUT2D eigenvalue weighted by molar-refractivity contribution is -0.147. The van der Waals surface area contributed by atoms with E-state index in [1.54, 1.807) is 13.8 Å². The average molecular weight is 372 g/mol. The SMILES string of the molecule is CC1(C)[C@H](C(=O)OCc2nc(F)c(F)c(F)c2F)[C@@H]1C=C(Cl)Cl. The summed E-state index contributed by atoms with van der Waals surface area (Å²) in [4.78, 5) is 14.9. The number of nitrogens with zero attached hydrogens (tertiary/aromatic N) is 1. The molecule has 23 heavy (non-hydrogen) atoms. The van der Waals surface area contributed by atoms with Crippen molar-refractivity contribution in [1.82, 2.24) is 4.98 Å². The minimum absolute atomic E-state index is 0.00578. The number of halogens is 6. The number of allylic oxidation sites excluding steroid dienone is 1. The molecular weight excluding hydrogens is 361 g/mol. The molecule has 9 heteroatoms. The Bertz CT molecular complexity index is 690. The van der Waals surface area contributed by atoms with Gasteiger partial charge in [0.1, 0.15) is 16.8 Å². The first kappa shape index (κ1) is 18.0. The van der Waals surface area contributed by atoms with E-state index in [-0.39, 0.29) is 10.4 Å². The van der Waals surface area contributed by atoms with Crippen molar-refractivity contribution in [2.24, 2.45) is 17.3 Å². The first-order chi connectivity index (χ1) is 10.6. The number of hydrogen-bond donors (Lipinski definition) is 0. The fraction of sp³-hybridized carbons (Fsp3) is 0.429. The monoisotopic (exact) mass is 371 g/mol. The molecule has 1 aliphatic rings. The summed E-state index contributed by atoms with van der Waals surface area (Å²) in [5.41, 5.74) is -1.31. The van der Waals surface area contributed by atoms with Crippen LogP contribution in [0.25, 0.3) is 0 Å². The van der Waals surface area contributed by atoms with Gasteiger partial charge in [0.15, 0.2) is 5.82 Å². The molecule has 1 aromatic rings. The topological polar surface area (TPSA) is 39.2 Å². The van der Waals surface area contributed by atoms with E-state index in [0.29, 0.717) is 0 Å². The van der Waals surface area contributed by atoms with Crippen LogP contribution >= 0.6 is 23.2 Å². The second-order valence-electron chi connectivity index (χ2n) is 5.68. The van der Waals surface area contributed by atoms with Crippen molar-refractivity contribution in [1.29, 1.82) is 0 Å². The summed E-state index contributed by atoms with van der Waals surface area (Å²) in [6.45, 7) is 2.72. The first-order valence-corrected chi connectivity index (χ1v) is 7.21. The van der Waals surface area contributed by atoms with Crippen molar-refractivity contribution in [3.8, 4) is 0 Å². The van der Waals surface area contributed by atoms with E-state index in [0.717, 1.165) is 0 Å². The van der Waals surface area contributed by atoms with Crippen LogP contribution in [0.15, 0.2) is 10.6 Å². The van der Waals surface area contributed by atoms with Crippen molar-refractivity contribution >= 4 is 29.2 Å². The van der Waals surface area contributed by atoms with Crippen LogP contribution in [-0.4, -0.2) is 11.0 Å². The van der Waals surface area contributed by atoms with E-state index in [9.17, 15) is 22.4 Å². The molecule has 0 aromatic carbocycles. The Hall–Kier alpha value is -1.34. The van der Waals surface area contributed by atoms with Crippen LogP contribution in [0.1, 0.15) is 19.5 Å². The van der Waals surface area contributed by atoms with Gasteiger partial charge in [-0.05, 0) is 17.4 Å². The minimum Gasteiger partial charge on any atom is -0.459 e. The lowest BCUT2D eigenvalue weighted by Crippen LogP contribution is -2.14. The highest BCUT2D eigenvalue weighted by atomic mass is 35.5. The maximum atomic E-state index is 13.4. The fourth-order valence-corrected chi connectivity index (χ4v) is 2.70. The predicted octanol–water partition coefficient (Wildman–Crippen LogP) is 4.27. The first-order valence-electron chi connectivity index (χ1n) is 6.45. The number of esters is 1. The van der Waals surface area contributed by atoms with Crippen LogP contribution in [-0.2, 0) is 16.1 Å². The highest BCUT2D eigenvalue weighted by Gasteiger charge is 2.61. The van der Waals surface area contributed by atoms with Gasteiger partial charge in [-0.1, -0.05) is 37.0 Å². The molecular formula is C14H11Cl2F4NO2. The second kappa shape index (κ2) is 6.28. The van der Waals surface area contributed by atoms with Gasteiger partial charge in [-0.15, -0.1) is 0 Å². The zero-order valence-corrected chi connectivity index (χ0v) is 13.5. The highest BCUT2D eigenvalue weighted by Crippen LogP contribution is 2.60. The van der Waals surface area contributed by atoms with Crippen LogP contribution in [0, 0.1) is 40.7 Å². The lowest BCUT2D eigenvalue weighted by Gasteiger charge is -2.07. The molecule has 0 spiro atoms. The summed E-state index contributed by atoms with van der Waals surface area (Å²) < 4.78 is 57.1. The Balaban J connectivity index is 2.08. The smallest absolute Gasteiger partial charge is 0.310 e. The summed E-state index contributed by atoms with van der Waals surface area (Å²) >= 11 is 11.1. The van der Waals surface area contributed by atoms with Crippen molar-refractivity contribution in [3.05, 3.63) is 39.7 Å². The maximum Gasteiger partial charge on any atom is 0.310 e. The third kappa shape index (κ3) is 3.45. The molecule has 1 fully saturated rings. The quantitative estimate of drug-likeness (QED) is 0.450. The van der Waals surface area contributed by atoms with Crippen molar-refractivity contribution in [2.75, 3.05) is 0 Å². The molecule has 2 rings (SSSR count). The van der Waals surface area contributed by atoms with E-state index >= 15 is 0 Å². The Morgan fingerprint density at radius 1 is 1.22 bits per heavy atom. The summed E-state index contributed by atoms with van der Waals surface area (Å²) in [7, 11) is 0. The van der Waals surface area contributed by atoms with Crippen molar-refractivity contribution < 1.29 is 27.1 Å². The summed E-state index contributed by atoms with van der Waals surface area (Å²) in [5.74, 6) is -9.14. The van der Waals surface area contributed by atoms with Gasteiger partial charge in [0.05, 0.1) is 5.92 Å². The third-order valence-electron chi connectivity index (χ3n) is 3.87. The van der Waals surface area contributed by atoms with Crippen LogP contribution < -0.4 is 0 Å². The molecule has 2 atom stereocenters. The van der Waals surface area contributed by atoms with E-state index < -0.39 is 53.0 Å². The van der Waals surface area contributed by atoms with Gasteiger partial charge < -0.3 is 4.74 Å². The molecule has 1 heterocycles. The van der Waals surface area contributed by atoms with Crippen molar-refractivity contribution in [3.63, 3.8) is 0 Å². The molecule has 3 nitrogen and oxygen atoms in total. The largest absolute Gasteiger partial charge is 0.459 e. The van der Waals surface area contributed by atoms with Crippen LogP contribution in [0.4, 0.5) is 17.6 Å². The molecule has 0 unspecified atom stereocenters. The number of pyridine rings is 1. The van der Waals surface area contributed by atoms with E-state index in [4.69, 9.17) is 27.9 Å². The molecule has 0 aliphatic heterocycles. The molecule has 0 saturated heterocycles. The molecule has 0 radical (unpaired) electrons. The molecule has 0 N–H and O–H groups in total. The average Bonchev–Trinajstić information content (AvgIpc) is 2.99. The number of aromatic nitrogens is 1. The van der Waals surface area contributed by atoms with Crippen LogP contribution in [0.2, 0.25) is 0 Å². The van der Waals surface area contributed by atoms with Crippen LogP contribution in [0.5, 0.6) is 0 Å². The second-order valence-corrected chi connectivity index (χ2v) is 6.69. The number of rotatable bonds is 4. The number of carbonyl (C=O) groups excluding carboxylic acids is 1. The zero-order valence-electron chi connectivity index (χ0n) is 12.0. The summed E-state index contributed by atoms with van der Waals surface area (Å²) in [6.07, 6.45) is 1.48. The Morgan fingerprint density at radius 3 is 2.39 bits per heavy atom. The standard InChI is InChI=1S/C14H11Cl2F4NO2/c1-14(2)5(3-7(15)16)8(14)13(22)23-4-6-9(17)10(18)11(19)12(20)21-6/h3,5,8H,4H2,1-2H3/t5-,8-/m0/s1. The molecule has 1 saturated carbocycles. The van der Waals surface area contributed by atoms with Crippen LogP contribution in [0.3, 0.4) is 0 Å². The number of carbonyl (C=O) groups is 1. The molecule has 1 aromatic heterocycles. The summed E-state index contributed by atoms with van der Waals surface area (Å²) in [5, 5.41) is 0. The van der Waals surface area contributed by atoms with Gasteiger partial charge in [-0.25, -0.2) is 13.8 Å². The highest BCUT2D eigenvalue weighted by molar-refractivity contribution is 6.55. The van der Waals surface area contributed by atoms with Gasteiger partial charge in [-0.2, -0.15) is 8.78 Å². The summed E-state index contributed by atoms with van der Waals surface area (Å²) in [6, 6.07) is 0. The normalized spacial score (nSPS) is 21.7. The molecule has 1 aliphatic carbocycles. The van der Waals surface area contributed by atoms with Crippen molar-refractivity contribution in [2.45, 2.75) is 20.5 Å². The molecule has 0 amide bonds. The number of ether oxygens (including phenoxy) is 1. The minimum atomic E-state index is -2.03.